The number of hydrogen-bond acceptors (Lipinski definition) is 1. The van der Waals surface area contributed by atoms with Crippen LogP contribution in [0.1, 0.15) is 22.3 Å². The first-order valence-electron chi connectivity index (χ1n) is 11.0. The molecule has 1 aliphatic carbocycles. The van der Waals surface area contributed by atoms with Crippen molar-refractivity contribution in [1.29, 1.82) is 0 Å². The molecule has 0 bridgehead atoms. The minimum Gasteiger partial charge on any atom is -0.399 e. The fourth-order valence-electron chi connectivity index (χ4n) is 5.34. The highest BCUT2D eigenvalue weighted by molar-refractivity contribution is 5.88. The maximum atomic E-state index is 6.11. The van der Waals surface area contributed by atoms with Gasteiger partial charge in [0.25, 0.3) is 0 Å². The van der Waals surface area contributed by atoms with Crippen LogP contribution in [0.2, 0.25) is 0 Å². The molecule has 0 saturated heterocycles. The number of benzene rings is 5. The van der Waals surface area contributed by atoms with Gasteiger partial charge < -0.3 is 5.73 Å². The Morgan fingerprint density at radius 1 is 0.438 bits per heavy atom. The molecule has 0 aliphatic heterocycles. The number of fused-ring (bicyclic) bond motifs is 3. The van der Waals surface area contributed by atoms with E-state index in [1.807, 2.05) is 12.1 Å². The van der Waals surface area contributed by atoms with Gasteiger partial charge in [-0.2, -0.15) is 0 Å². The van der Waals surface area contributed by atoms with E-state index in [-0.39, 0.29) is 5.41 Å². The lowest BCUT2D eigenvalue weighted by Gasteiger charge is -2.34. The van der Waals surface area contributed by atoms with Crippen molar-refractivity contribution in [3.05, 3.63) is 150 Å². The Morgan fingerprint density at radius 2 is 1.03 bits per heavy atom. The largest absolute Gasteiger partial charge is 0.399 e. The summed E-state index contributed by atoms with van der Waals surface area (Å²) in [6, 6.07) is 45.6. The predicted molar refractivity (Wildman–Crippen MR) is 134 cm³/mol. The van der Waals surface area contributed by atoms with Gasteiger partial charge in [-0.15, -0.1) is 0 Å². The Labute approximate surface area is 188 Å². The third-order valence-corrected chi connectivity index (χ3v) is 6.68. The summed E-state index contributed by atoms with van der Waals surface area (Å²) in [4.78, 5) is 0. The third kappa shape index (κ3) is 2.65. The van der Waals surface area contributed by atoms with Crippen LogP contribution >= 0.6 is 0 Å². The van der Waals surface area contributed by atoms with E-state index in [4.69, 9.17) is 5.73 Å². The normalized spacial score (nSPS) is 13.4. The first-order chi connectivity index (χ1) is 15.8. The Hall–Kier alpha value is -4.10. The van der Waals surface area contributed by atoms with Crippen molar-refractivity contribution in [2.75, 3.05) is 5.73 Å². The Kier molecular flexibility index (Phi) is 4.22. The number of anilines is 1. The van der Waals surface area contributed by atoms with Gasteiger partial charge >= 0.3 is 0 Å². The SMILES string of the molecule is Nc1cccc(-c2ccc3c(c2)C(c2ccccc2)(c2ccccc2)c2ccccc2-3)c1. The van der Waals surface area contributed by atoms with Crippen LogP contribution in [0.25, 0.3) is 22.3 Å². The molecule has 0 atom stereocenters. The Balaban J connectivity index is 1.73. The highest BCUT2D eigenvalue weighted by Gasteiger charge is 2.45. The molecule has 2 N–H and O–H groups in total. The lowest BCUT2D eigenvalue weighted by Crippen LogP contribution is -2.28. The van der Waals surface area contributed by atoms with E-state index in [9.17, 15) is 0 Å². The molecule has 0 unspecified atom stereocenters. The molecule has 0 fully saturated rings. The van der Waals surface area contributed by atoms with Crippen molar-refractivity contribution in [1.82, 2.24) is 0 Å². The summed E-state index contributed by atoms with van der Waals surface area (Å²) in [6.45, 7) is 0. The summed E-state index contributed by atoms with van der Waals surface area (Å²) in [6.07, 6.45) is 0. The molecule has 32 heavy (non-hydrogen) atoms. The first-order valence-corrected chi connectivity index (χ1v) is 11.0. The zero-order chi connectivity index (χ0) is 21.5. The van der Waals surface area contributed by atoms with E-state index < -0.39 is 0 Å². The smallest absolute Gasteiger partial charge is 0.0713 e. The molecule has 0 amide bonds. The number of hydrogen-bond donors (Lipinski definition) is 1. The van der Waals surface area contributed by atoms with E-state index in [0.29, 0.717) is 0 Å². The zero-order valence-corrected chi connectivity index (χ0v) is 17.7. The van der Waals surface area contributed by atoms with Crippen LogP contribution in [-0.4, -0.2) is 0 Å². The fraction of sp³-hybridized carbons (Fsp3) is 0.0323. The predicted octanol–water partition coefficient (Wildman–Crippen LogP) is 7.30. The number of nitrogens with two attached hydrogens (primary N) is 1. The van der Waals surface area contributed by atoms with E-state index in [1.54, 1.807) is 0 Å². The second-order valence-electron chi connectivity index (χ2n) is 8.41. The molecule has 1 aliphatic rings. The molecule has 152 valence electrons. The minimum atomic E-state index is -0.370. The summed E-state index contributed by atoms with van der Waals surface area (Å²) < 4.78 is 0. The van der Waals surface area contributed by atoms with Crippen molar-refractivity contribution in [3.8, 4) is 22.3 Å². The van der Waals surface area contributed by atoms with E-state index >= 15 is 0 Å². The van der Waals surface area contributed by atoms with Gasteiger partial charge in [-0.1, -0.05) is 109 Å². The fourth-order valence-corrected chi connectivity index (χ4v) is 5.34. The van der Waals surface area contributed by atoms with Gasteiger partial charge in [-0.05, 0) is 62.7 Å². The van der Waals surface area contributed by atoms with Crippen LogP contribution in [0.4, 0.5) is 5.69 Å². The van der Waals surface area contributed by atoms with E-state index in [0.717, 1.165) is 11.3 Å². The standard InChI is InChI=1S/C31H23N/c32-26-15-9-10-22(20-26)23-18-19-28-27-16-7-8-17-29(27)31(30(28)21-23,24-11-3-1-4-12-24)25-13-5-2-6-14-25/h1-21H,32H2. The van der Waals surface area contributed by atoms with Gasteiger partial charge in [0.2, 0.25) is 0 Å². The van der Waals surface area contributed by atoms with E-state index in [1.165, 1.54) is 38.9 Å². The molecule has 0 radical (unpaired) electrons. The number of rotatable bonds is 3. The highest BCUT2D eigenvalue weighted by atomic mass is 14.5. The van der Waals surface area contributed by atoms with Crippen molar-refractivity contribution in [2.24, 2.45) is 0 Å². The maximum Gasteiger partial charge on any atom is 0.0713 e. The monoisotopic (exact) mass is 409 g/mol. The van der Waals surface area contributed by atoms with Crippen molar-refractivity contribution in [2.45, 2.75) is 5.41 Å². The summed E-state index contributed by atoms with van der Waals surface area (Å²) in [5.41, 5.74) is 16.6. The van der Waals surface area contributed by atoms with Gasteiger partial charge in [0.15, 0.2) is 0 Å². The topological polar surface area (TPSA) is 26.0 Å². The lowest BCUT2D eigenvalue weighted by atomic mass is 9.67. The highest BCUT2D eigenvalue weighted by Crippen LogP contribution is 2.56. The summed E-state index contributed by atoms with van der Waals surface area (Å²) >= 11 is 0. The van der Waals surface area contributed by atoms with Crippen LogP contribution in [0.15, 0.2) is 127 Å². The molecule has 5 aromatic rings. The van der Waals surface area contributed by atoms with Crippen molar-refractivity contribution in [3.63, 3.8) is 0 Å². The van der Waals surface area contributed by atoms with Crippen LogP contribution in [0, 0.1) is 0 Å². The molecule has 0 saturated carbocycles. The summed E-state index contributed by atoms with van der Waals surface area (Å²) in [5.74, 6) is 0. The second kappa shape index (κ2) is 7.25. The maximum absolute atomic E-state index is 6.11. The Morgan fingerprint density at radius 3 is 1.72 bits per heavy atom. The van der Waals surface area contributed by atoms with Crippen LogP contribution in [-0.2, 0) is 5.41 Å². The van der Waals surface area contributed by atoms with Crippen LogP contribution < -0.4 is 5.73 Å². The third-order valence-electron chi connectivity index (χ3n) is 6.68. The molecule has 0 spiro atoms. The molecule has 5 aromatic carbocycles. The molecule has 6 rings (SSSR count). The summed E-state index contributed by atoms with van der Waals surface area (Å²) in [7, 11) is 0. The van der Waals surface area contributed by atoms with Crippen LogP contribution in [0.3, 0.4) is 0 Å². The molecular weight excluding hydrogens is 386 g/mol. The second-order valence-corrected chi connectivity index (χ2v) is 8.41. The van der Waals surface area contributed by atoms with Crippen LogP contribution in [0.5, 0.6) is 0 Å². The quantitative estimate of drug-likeness (QED) is 0.305. The van der Waals surface area contributed by atoms with Gasteiger partial charge in [0, 0.05) is 5.69 Å². The van der Waals surface area contributed by atoms with Gasteiger partial charge in [0.1, 0.15) is 0 Å². The molecule has 0 aromatic heterocycles. The first kappa shape index (κ1) is 18.7. The lowest BCUT2D eigenvalue weighted by molar-refractivity contribution is 0.769. The van der Waals surface area contributed by atoms with Crippen molar-refractivity contribution >= 4 is 5.69 Å². The minimum absolute atomic E-state index is 0.370. The molecule has 1 nitrogen and oxygen atoms in total. The average molecular weight is 410 g/mol. The summed E-state index contributed by atoms with van der Waals surface area (Å²) in [5, 5.41) is 0. The molecule has 0 heterocycles. The van der Waals surface area contributed by atoms with Crippen molar-refractivity contribution < 1.29 is 0 Å². The molecule has 1 heteroatoms. The molecular formula is C31H23N. The Bertz CT molecular complexity index is 1380. The van der Waals surface area contributed by atoms with E-state index in [2.05, 4.69) is 115 Å². The average Bonchev–Trinajstić information content (AvgIpc) is 3.16. The number of nitrogen functional groups attached to an aromatic ring is 1. The van der Waals surface area contributed by atoms with Gasteiger partial charge in [0.05, 0.1) is 5.41 Å². The van der Waals surface area contributed by atoms with Gasteiger partial charge in [-0.3, -0.25) is 0 Å². The van der Waals surface area contributed by atoms with Gasteiger partial charge in [-0.25, -0.2) is 0 Å². The zero-order valence-electron chi connectivity index (χ0n) is 17.7.